The molecular formula is C22H27N5O2. The fourth-order valence-electron chi connectivity index (χ4n) is 3.97. The third kappa shape index (κ3) is 4.40. The number of hydrogen-bond donors (Lipinski definition) is 1. The van der Waals surface area contributed by atoms with Crippen LogP contribution in [0.15, 0.2) is 48.7 Å². The van der Waals surface area contributed by atoms with E-state index >= 15 is 0 Å². The van der Waals surface area contributed by atoms with Gasteiger partial charge in [0.15, 0.2) is 0 Å². The van der Waals surface area contributed by atoms with Gasteiger partial charge in [-0.15, -0.1) is 0 Å². The lowest BCUT2D eigenvalue weighted by Gasteiger charge is -2.35. The van der Waals surface area contributed by atoms with Gasteiger partial charge in [-0.1, -0.05) is 30.3 Å². The normalized spacial score (nSPS) is 19.9. The van der Waals surface area contributed by atoms with Crippen LogP contribution in [0.2, 0.25) is 0 Å². The second-order valence-corrected chi connectivity index (χ2v) is 7.57. The van der Waals surface area contributed by atoms with E-state index in [0.717, 1.165) is 25.5 Å². The van der Waals surface area contributed by atoms with Gasteiger partial charge in [0.25, 0.3) is 5.91 Å². The maximum atomic E-state index is 12.8. The Hall–Kier alpha value is -2.93. The van der Waals surface area contributed by atoms with E-state index in [2.05, 4.69) is 39.5 Å². The van der Waals surface area contributed by atoms with Gasteiger partial charge in [0.2, 0.25) is 5.91 Å². The fraction of sp³-hybridized carbons (Fsp3) is 0.409. The third-order valence-corrected chi connectivity index (χ3v) is 5.71. The lowest BCUT2D eigenvalue weighted by atomic mass is 10.0. The Morgan fingerprint density at radius 1 is 0.966 bits per heavy atom. The molecule has 7 nitrogen and oxygen atoms in total. The monoisotopic (exact) mass is 393 g/mol. The van der Waals surface area contributed by atoms with Crippen molar-refractivity contribution in [3.8, 4) is 0 Å². The van der Waals surface area contributed by atoms with Crippen LogP contribution < -0.4 is 10.2 Å². The summed E-state index contributed by atoms with van der Waals surface area (Å²) in [5.41, 5.74) is 1.87. The molecule has 2 fully saturated rings. The molecule has 1 aromatic heterocycles. The summed E-state index contributed by atoms with van der Waals surface area (Å²) in [5, 5.41) is 3.56. The summed E-state index contributed by atoms with van der Waals surface area (Å²) in [6.45, 7) is 6.50. The first kappa shape index (κ1) is 19.4. The van der Waals surface area contributed by atoms with Crippen molar-refractivity contribution in [3.05, 3.63) is 59.8 Å². The van der Waals surface area contributed by atoms with Gasteiger partial charge >= 0.3 is 0 Å². The van der Waals surface area contributed by atoms with Gasteiger partial charge in [0, 0.05) is 65.0 Å². The Kier molecular flexibility index (Phi) is 5.76. The number of piperazine rings is 2. The zero-order valence-electron chi connectivity index (χ0n) is 16.8. The molecule has 7 heteroatoms. The molecule has 0 spiro atoms. The van der Waals surface area contributed by atoms with Gasteiger partial charge in [-0.3, -0.25) is 9.59 Å². The smallest absolute Gasteiger partial charge is 0.255 e. The van der Waals surface area contributed by atoms with Gasteiger partial charge in [0.05, 0.1) is 5.56 Å². The highest BCUT2D eigenvalue weighted by atomic mass is 16.2. The van der Waals surface area contributed by atoms with Crippen LogP contribution in [0.4, 0.5) is 5.82 Å². The van der Waals surface area contributed by atoms with Crippen LogP contribution in [-0.4, -0.2) is 72.4 Å². The van der Waals surface area contributed by atoms with Crippen LogP contribution in [0.3, 0.4) is 0 Å². The number of anilines is 1. The van der Waals surface area contributed by atoms with Gasteiger partial charge in [-0.05, 0) is 17.7 Å². The first-order chi connectivity index (χ1) is 14.1. The Labute approximate surface area is 171 Å². The van der Waals surface area contributed by atoms with E-state index in [9.17, 15) is 9.59 Å². The van der Waals surface area contributed by atoms with E-state index in [4.69, 9.17) is 0 Å². The predicted molar refractivity (Wildman–Crippen MR) is 112 cm³/mol. The van der Waals surface area contributed by atoms with E-state index in [1.807, 2.05) is 18.2 Å². The number of rotatable bonds is 3. The second-order valence-electron chi connectivity index (χ2n) is 7.57. The first-order valence-electron chi connectivity index (χ1n) is 10.2. The summed E-state index contributed by atoms with van der Waals surface area (Å²) >= 11 is 0. The molecule has 3 heterocycles. The largest absolute Gasteiger partial charge is 0.353 e. The Balaban J connectivity index is 1.39. The van der Waals surface area contributed by atoms with Crippen molar-refractivity contribution in [2.75, 3.05) is 50.7 Å². The number of amides is 2. The van der Waals surface area contributed by atoms with Crippen LogP contribution in [-0.2, 0) is 4.79 Å². The average molecular weight is 393 g/mol. The van der Waals surface area contributed by atoms with Crippen LogP contribution in [0.25, 0.3) is 0 Å². The average Bonchev–Trinajstić information content (AvgIpc) is 2.79. The zero-order chi connectivity index (χ0) is 20.2. The Morgan fingerprint density at radius 2 is 1.69 bits per heavy atom. The van der Waals surface area contributed by atoms with Crippen molar-refractivity contribution < 1.29 is 9.59 Å². The first-order valence-corrected chi connectivity index (χ1v) is 10.2. The van der Waals surface area contributed by atoms with Crippen molar-refractivity contribution in [2.45, 2.75) is 13.0 Å². The number of benzene rings is 1. The molecule has 152 valence electrons. The Bertz CT molecular complexity index is 847. The van der Waals surface area contributed by atoms with Crippen LogP contribution >= 0.6 is 0 Å². The Morgan fingerprint density at radius 3 is 2.34 bits per heavy atom. The minimum Gasteiger partial charge on any atom is -0.353 e. The van der Waals surface area contributed by atoms with Crippen LogP contribution in [0, 0.1) is 0 Å². The van der Waals surface area contributed by atoms with Crippen molar-refractivity contribution in [3.63, 3.8) is 0 Å². The lowest BCUT2D eigenvalue weighted by Crippen LogP contribution is -2.50. The van der Waals surface area contributed by atoms with Crippen molar-refractivity contribution >= 4 is 17.6 Å². The topological polar surface area (TPSA) is 68.8 Å². The lowest BCUT2D eigenvalue weighted by molar-refractivity contribution is -0.130. The summed E-state index contributed by atoms with van der Waals surface area (Å²) < 4.78 is 0. The molecule has 1 aromatic carbocycles. The third-order valence-electron chi connectivity index (χ3n) is 5.71. The molecule has 1 N–H and O–H groups in total. The van der Waals surface area contributed by atoms with Crippen molar-refractivity contribution in [2.24, 2.45) is 0 Å². The van der Waals surface area contributed by atoms with E-state index in [0.29, 0.717) is 31.7 Å². The van der Waals surface area contributed by atoms with E-state index in [1.165, 1.54) is 5.56 Å². The summed E-state index contributed by atoms with van der Waals surface area (Å²) in [6, 6.07) is 14.5. The minimum absolute atomic E-state index is 0.0188. The number of nitrogens with zero attached hydrogens (tertiary/aromatic N) is 4. The molecule has 1 atom stereocenters. The molecule has 2 aromatic rings. The zero-order valence-corrected chi connectivity index (χ0v) is 16.8. The molecular weight excluding hydrogens is 366 g/mol. The van der Waals surface area contributed by atoms with E-state index in [1.54, 1.807) is 22.9 Å². The highest BCUT2D eigenvalue weighted by Crippen LogP contribution is 2.21. The molecule has 29 heavy (non-hydrogen) atoms. The number of hydrogen-bond acceptors (Lipinski definition) is 5. The predicted octanol–water partition coefficient (Wildman–Crippen LogP) is 1.54. The molecule has 0 saturated carbocycles. The number of aromatic nitrogens is 1. The molecule has 1 unspecified atom stereocenters. The number of carbonyl (C=O) groups is 2. The molecule has 2 amide bonds. The maximum absolute atomic E-state index is 12.8. The highest BCUT2D eigenvalue weighted by Gasteiger charge is 2.25. The van der Waals surface area contributed by atoms with Crippen molar-refractivity contribution in [1.29, 1.82) is 0 Å². The summed E-state index contributed by atoms with van der Waals surface area (Å²) in [5.74, 6) is 0.938. The molecule has 2 aliphatic rings. The minimum atomic E-state index is -0.0188. The summed E-state index contributed by atoms with van der Waals surface area (Å²) in [6.07, 6.45) is 1.68. The number of nitrogens with one attached hydrogen (secondary N) is 1. The number of pyridine rings is 1. The van der Waals surface area contributed by atoms with Gasteiger partial charge < -0.3 is 20.0 Å². The van der Waals surface area contributed by atoms with Crippen molar-refractivity contribution in [1.82, 2.24) is 20.1 Å². The summed E-state index contributed by atoms with van der Waals surface area (Å²) in [7, 11) is 0. The second kappa shape index (κ2) is 8.61. The molecule has 4 rings (SSSR count). The molecule has 0 radical (unpaired) electrons. The van der Waals surface area contributed by atoms with Crippen LogP contribution in [0.5, 0.6) is 0 Å². The van der Waals surface area contributed by atoms with E-state index in [-0.39, 0.29) is 17.9 Å². The van der Waals surface area contributed by atoms with Gasteiger partial charge in [0.1, 0.15) is 5.82 Å². The van der Waals surface area contributed by atoms with Crippen LogP contribution in [0.1, 0.15) is 28.9 Å². The fourth-order valence-corrected chi connectivity index (χ4v) is 3.97. The van der Waals surface area contributed by atoms with Gasteiger partial charge in [-0.25, -0.2) is 4.98 Å². The molecule has 0 aliphatic carbocycles. The van der Waals surface area contributed by atoms with Gasteiger partial charge in [-0.2, -0.15) is 0 Å². The maximum Gasteiger partial charge on any atom is 0.255 e. The molecule has 2 saturated heterocycles. The van der Waals surface area contributed by atoms with E-state index < -0.39 is 0 Å². The number of carbonyl (C=O) groups excluding carboxylic acids is 2. The summed E-state index contributed by atoms with van der Waals surface area (Å²) in [4.78, 5) is 34.6. The molecule has 0 bridgehead atoms. The highest BCUT2D eigenvalue weighted by molar-refractivity contribution is 5.94. The SMILES string of the molecule is CC(=O)N1CCN(C(=O)c2ccc(N3CCNC(c4ccccc4)C3)nc2)CC1. The standard InChI is InChI=1S/C22H27N5O2/c1-17(28)25-11-13-26(14-12-25)22(29)19-7-8-21(24-15-19)27-10-9-23-20(16-27)18-5-3-2-4-6-18/h2-8,15,20,23H,9-14,16H2,1H3. The quantitative estimate of drug-likeness (QED) is 0.857. The molecule has 2 aliphatic heterocycles.